The van der Waals surface area contributed by atoms with Gasteiger partial charge < -0.3 is 14.6 Å². The summed E-state index contributed by atoms with van der Waals surface area (Å²) in [6.07, 6.45) is 0.767. The van der Waals surface area contributed by atoms with E-state index in [9.17, 15) is 4.79 Å². The molecule has 4 rings (SSSR count). The van der Waals surface area contributed by atoms with Gasteiger partial charge in [0.25, 0.3) is 11.8 Å². The van der Waals surface area contributed by atoms with E-state index in [2.05, 4.69) is 15.5 Å². The number of aryl methyl sites for hydroxylation is 2. The van der Waals surface area contributed by atoms with Crippen LogP contribution in [0, 0.1) is 13.8 Å². The molecule has 1 aliphatic heterocycles. The number of benzene rings is 1. The molecule has 0 unspecified atom stereocenters. The molecule has 6 nitrogen and oxygen atoms in total. The fourth-order valence-electron chi connectivity index (χ4n) is 2.91. The third-order valence-electron chi connectivity index (χ3n) is 4.07. The van der Waals surface area contributed by atoms with E-state index in [4.69, 9.17) is 9.26 Å². The number of hydrogen-bond donors (Lipinski definition) is 1. The van der Waals surface area contributed by atoms with Gasteiger partial charge in [-0.1, -0.05) is 22.9 Å². The summed E-state index contributed by atoms with van der Waals surface area (Å²) in [5, 5.41) is 7.63. The first-order valence-electron chi connectivity index (χ1n) is 8.03. The Morgan fingerprint density at radius 2 is 2.20 bits per heavy atom. The van der Waals surface area contributed by atoms with Crippen molar-refractivity contribution in [1.29, 1.82) is 0 Å². The number of anilines is 1. The maximum Gasteiger partial charge on any atom is 0.261 e. The van der Waals surface area contributed by atoms with Gasteiger partial charge in [-0.3, -0.25) is 4.79 Å². The van der Waals surface area contributed by atoms with Crippen LogP contribution in [0.2, 0.25) is 0 Å². The molecule has 0 atom stereocenters. The van der Waals surface area contributed by atoms with Crippen molar-refractivity contribution in [3.05, 3.63) is 51.7 Å². The lowest BCUT2D eigenvalue weighted by atomic mass is 10.1. The lowest BCUT2D eigenvalue weighted by molar-refractivity contribution is 0.102. The summed E-state index contributed by atoms with van der Waals surface area (Å²) >= 11 is 1.51. The van der Waals surface area contributed by atoms with Crippen molar-refractivity contribution in [2.24, 2.45) is 0 Å². The molecule has 0 saturated carbocycles. The molecule has 0 fully saturated rings. The number of aromatic nitrogens is 2. The topological polar surface area (TPSA) is 77.3 Å². The molecule has 7 heteroatoms. The second-order valence-electron chi connectivity index (χ2n) is 5.98. The molecule has 2 aromatic heterocycles. The first-order chi connectivity index (χ1) is 12.1. The van der Waals surface area contributed by atoms with Gasteiger partial charge in [-0.2, -0.15) is 4.98 Å². The van der Waals surface area contributed by atoms with Crippen LogP contribution in [0.1, 0.15) is 32.2 Å². The summed E-state index contributed by atoms with van der Waals surface area (Å²) in [5.41, 5.74) is 3.61. The average Bonchev–Trinajstić information content (AvgIpc) is 3.17. The van der Waals surface area contributed by atoms with E-state index in [-0.39, 0.29) is 5.91 Å². The summed E-state index contributed by atoms with van der Waals surface area (Å²) in [6.45, 7) is 4.93. The first kappa shape index (κ1) is 16.0. The monoisotopic (exact) mass is 355 g/mol. The van der Waals surface area contributed by atoms with Crippen LogP contribution in [-0.2, 0) is 17.8 Å². The standard InChI is InChI=1S/C18H17N3O3S/c1-10-4-3-5-12(8-10)16(22)20-18-15(17-19-11(2)21-24-17)13-6-7-23-9-14(13)25-18/h3-5,8H,6-7,9H2,1-2H3,(H,20,22). The molecule has 1 aromatic carbocycles. The SMILES string of the molecule is Cc1cccc(C(=O)Nc2sc3c(c2-c2nc(C)no2)CCOC3)c1. The third-order valence-corrected chi connectivity index (χ3v) is 5.19. The van der Waals surface area contributed by atoms with Crippen LogP contribution in [0.15, 0.2) is 28.8 Å². The van der Waals surface area contributed by atoms with Gasteiger partial charge in [0.15, 0.2) is 5.82 Å². The van der Waals surface area contributed by atoms with Crippen molar-refractivity contribution in [1.82, 2.24) is 10.1 Å². The van der Waals surface area contributed by atoms with Crippen molar-refractivity contribution in [2.45, 2.75) is 26.9 Å². The van der Waals surface area contributed by atoms with Crippen molar-refractivity contribution in [2.75, 3.05) is 11.9 Å². The Hall–Kier alpha value is -2.51. The average molecular weight is 355 g/mol. The van der Waals surface area contributed by atoms with Crippen LogP contribution >= 0.6 is 11.3 Å². The molecule has 1 N–H and O–H groups in total. The predicted octanol–water partition coefficient (Wildman–Crippen LogP) is 3.74. The van der Waals surface area contributed by atoms with Gasteiger partial charge in [0.1, 0.15) is 5.00 Å². The number of fused-ring (bicyclic) bond motifs is 1. The van der Waals surface area contributed by atoms with Gasteiger partial charge in [0, 0.05) is 10.4 Å². The van der Waals surface area contributed by atoms with Crippen LogP contribution in [0.25, 0.3) is 11.5 Å². The molecule has 3 aromatic rings. The Balaban J connectivity index is 1.74. The highest BCUT2D eigenvalue weighted by atomic mass is 32.1. The molecule has 0 radical (unpaired) electrons. The number of amides is 1. The van der Waals surface area contributed by atoms with Crippen LogP contribution in [0.5, 0.6) is 0 Å². The molecule has 3 heterocycles. The highest BCUT2D eigenvalue weighted by Crippen LogP contribution is 2.42. The normalized spacial score (nSPS) is 13.5. The number of nitrogens with one attached hydrogen (secondary N) is 1. The molecule has 1 aliphatic rings. The highest BCUT2D eigenvalue weighted by molar-refractivity contribution is 7.17. The van der Waals surface area contributed by atoms with Crippen molar-refractivity contribution >= 4 is 22.2 Å². The molecule has 0 saturated heterocycles. The van der Waals surface area contributed by atoms with Crippen LogP contribution in [0.4, 0.5) is 5.00 Å². The van der Waals surface area contributed by atoms with Gasteiger partial charge in [-0.15, -0.1) is 11.3 Å². The Bertz CT molecular complexity index is 945. The van der Waals surface area contributed by atoms with E-state index in [1.54, 1.807) is 13.0 Å². The molecule has 0 bridgehead atoms. The Morgan fingerprint density at radius 1 is 1.32 bits per heavy atom. The summed E-state index contributed by atoms with van der Waals surface area (Å²) < 4.78 is 10.9. The lowest BCUT2D eigenvalue weighted by Gasteiger charge is -2.12. The molecule has 25 heavy (non-hydrogen) atoms. The summed E-state index contributed by atoms with van der Waals surface area (Å²) in [7, 11) is 0. The Morgan fingerprint density at radius 3 is 2.96 bits per heavy atom. The summed E-state index contributed by atoms with van der Waals surface area (Å²) in [6, 6.07) is 7.50. The second kappa shape index (κ2) is 6.42. The third kappa shape index (κ3) is 3.08. The predicted molar refractivity (Wildman–Crippen MR) is 94.8 cm³/mol. The van der Waals surface area contributed by atoms with E-state index in [1.807, 2.05) is 25.1 Å². The number of rotatable bonds is 3. The zero-order chi connectivity index (χ0) is 17.4. The van der Waals surface area contributed by atoms with E-state index in [0.29, 0.717) is 30.5 Å². The fourth-order valence-corrected chi connectivity index (χ4v) is 4.08. The Labute approximate surface area is 148 Å². The van der Waals surface area contributed by atoms with E-state index in [0.717, 1.165) is 33.0 Å². The minimum Gasteiger partial charge on any atom is -0.376 e. The number of carbonyl (C=O) groups excluding carboxylic acids is 1. The number of ether oxygens (including phenoxy) is 1. The summed E-state index contributed by atoms with van der Waals surface area (Å²) in [5.74, 6) is 0.857. The maximum absolute atomic E-state index is 12.7. The van der Waals surface area contributed by atoms with Gasteiger partial charge in [0.05, 0.1) is 18.8 Å². The second-order valence-corrected chi connectivity index (χ2v) is 7.09. The zero-order valence-electron chi connectivity index (χ0n) is 14.0. The minimum absolute atomic E-state index is 0.152. The zero-order valence-corrected chi connectivity index (χ0v) is 14.8. The Kier molecular flexibility index (Phi) is 4.10. The van der Waals surface area contributed by atoms with Gasteiger partial charge in [0.2, 0.25) is 0 Å². The minimum atomic E-state index is -0.152. The van der Waals surface area contributed by atoms with Crippen molar-refractivity contribution in [3.63, 3.8) is 0 Å². The van der Waals surface area contributed by atoms with E-state index in [1.165, 1.54) is 11.3 Å². The number of nitrogens with zero attached hydrogens (tertiary/aromatic N) is 2. The van der Waals surface area contributed by atoms with Gasteiger partial charge >= 0.3 is 0 Å². The van der Waals surface area contributed by atoms with Crippen molar-refractivity contribution in [3.8, 4) is 11.5 Å². The van der Waals surface area contributed by atoms with Crippen LogP contribution < -0.4 is 5.32 Å². The molecule has 0 spiro atoms. The largest absolute Gasteiger partial charge is 0.376 e. The van der Waals surface area contributed by atoms with Crippen molar-refractivity contribution < 1.29 is 14.1 Å². The molecule has 128 valence electrons. The van der Waals surface area contributed by atoms with Crippen LogP contribution in [0.3, 0.4) is 0 Å². The smallest absolute Gasteiger partial charge is 0.261 e. The quantitative estimate of drug-likeness (QED) is 0.774. The maximum atomic E-state index is 12.7. The van der Waals surface area contributed by atoms with E-state index >= 15 is 0 Å². The number of hydrogen-bond acceptors (Lipinski definition) is 6. The molecular formula is C18H17N3O3S. The molecule has 1 amide bonds. The molecular weight excluding hydrogens is 338 g/mol. The number of thiophene rings is 1. The van der Waals surface area contributed by atoms with Crippen LogP contribution in [-0.4, -0.2) is 22.7 Å². The molecule has 0 aliphatic carbocycles. The number of carbonyl (C=O) groups is 1. The van der Waals surface area contributed by atoms with Gasteiger partial charge in [-0.25, -0.2) is 0 Å². The first-order valence-corrected chi connectivity index (χ1v) is 8.84. The highest BCUT2D eigenvalue weighted by Gasteiger charge is 2.26. The summed E-state index contributed by atoms with van der Waals surface area (Å²) in [4.78, 5) is 18.1. The lowest BCUT2D eigenvalue weighted by Crippen LogP contribution is -2.12. The van der Waals surface area contributed by atoms with Gasteiger partial charge in [-0.05, 0) is 38.0 Å². The fraction of sp³-hybridized carbons (Fsp3) is 0.278. The van der Waals surface area contributed by atoms with E-state index < -0.39 is 0 Å².